The van der Waals surface area contributed by atoms with E-state index in [4.69, 9.17) is 17.3 Å². The lowest BCUT2D eigenvalue weighted by Crippen LogP contribution is -2.43. The molecule has 0 bridgehead atoms. The molecular formula is C23H20ClN3O2. The first-order chi connectivity index (χ1) is 14.1. The third kappa shape index (κ3) is 3.74. The monoisotopic (exact) mass is 405 g/mol. The SMILES string of the molecule is NC(=O)[C@@H](c1cccnc1)N(C(=O)c1ccccc1)[C@@H]1CCc2ccc(Cl)cc21. The van der Waals surface area contributed by atoms with Gasteiger partial charge in [-0.25, -0.2) is 0 Å². The van der Waals surface area contributed by atoms with Gasteiger partial charge in [-0.2, -0.15) is 0 Å². The lowest BCUT2D eigenvalue weighted by Gasteiger charge is -2.35. The summed E-state index contributed by atoms with van der Waals surface area (Å²) in [6.45, 7) is 0. The molecule has 0 fully saturated rings. The van der Waals surface area contributed by atoms with Gasteiger partial charge in [0.15, 0.2) is 0 Å². The van der Waals surface area contributed by atoms with Gasteiger partial charge in [0.25, 0.3) is 5.91 Å². The van der Waals surface area contributed by atoms with Crippen molar-refractivity contribution < 1.29 is 9.59 Å². The van der Waals surface area contributed by atoms with Crippen molar-refractivity contribution in [3.8, 4) is 0 Å². The Bertz CT molecular complexity index is 1040. The van der Waals surface area contributed by atoms with Crippen molar-refractivity contribution >= 4 is 23.4 Å². The van der Waals surface area contributed by atoms with Crippen molar-refractivity contribution in [1.82, 2.24) is 9.88 Å². The maximum absolute atomic E-state index is 13.6. The molecule has 2 aromatic carbocycles. The molecule has 1 heterocycles. The van der Waals surface area contributed by atoms with E-state index in [0.717, 1.165) is 17.5 Å². The third-order valence-corrected chi connectivity index (χ3v) is 5.53. The largest absolute Gasteiger partial charge is 0.368 e. The molecule has 2 atom stereocenters. The lowest BCUT2D eigenvalue weighted by molar-refractivity contribution is -0.123. The van der Waals surface area contributed by atoms with Crippen molar-refractivity contribution in [3.63, 3.8) is 0 Å². The van der Waals surface area contributed by atoms with Crippen LogP contribution in [0, 0.1) is 0 Å². The number of carbonyl (C=O) groups excluding carboxylic acids is 2. The van der Waals surface area contributed by atoms with Crippen LogP contribution in [-0.2, 0) is 11.2 Å². The summed E-state index contributed by atoms with van der Waals surface area (Å²) in [6.07, 6.45) is 4.69. The number of primary amides is 1. The van der Waals surface area contributed by atoms with E-state index in [1.165, 1.54) is 0 Å². The Hall–Kier alpha value is -3.18. The summed E-state index contributed by atoms with van der Waals surface area (Å²) < 4.78 is 0. The van der Waals surface area contributed by atoms with Gasteiger partial charge in [0.2, 0.25) is 5.91 Å². The molecule has 1 aliphatic carbocycles. The highest BCUT2D eigenvalue weighted by atomic mass is 35.5. The highest BCUT2D eigenvalue weighted by molar-refractivity contribution is 6.30. The number of fused-ring (bicyclic) bond motifs is 1. The quantitative estimate of drug-likeness (QED) is 0.694. The van der Waals surface area contributed by atoms with E-state index in [1.54, 1.807) is 53.7 Å². The van der Waals surface area contributed by atoms with Crippen LogP contribution in [0.1, 0.15) is 45.6 Å². The van der Waals surface area contributed by atoms with Crippen LogP contribution in [0.3, 0.4) is 0 Å². The third-order valence-electron chi connectivity index (χ3n) is 5.29. The number of aryl methyl sites for hydroxylation is 1. The van der Waals surface area contributed by atoms with Crippen molar-refractivity contribution in [3.05, 3.63) is 100 Å². The number of amides is 2. The number of carbonyl (C=O) groups is 2. The van der Waals surface area contributed by atoms with Gasteiger partial charge in [-0.05, 0) is 54.3 Å². The van der Waals surface area contributed by atoms with Crippen LogP contribution in [0.5, 0.6) is 0 Å². The van der Waals surface area contributed by atoms with Gasteiger partial charge in [0.1, 0.15) is 6.04 Å². The number of aromatic nitrogens is 1. The molecule has 146 valence electrons. The number of hydrogen-bond donors (Lipinski definition) is 1. The molecule has 5 nitrogen and oxygen atoms in total. The summed E-state index contributed by atoms with van der Waals surface area (Å²) >= 11 is 6.24. The fourth-order valence-corrected chi connectivity index (χ4v) is 4.19. The van der Waals surface area contributed by atoms with Crippen LogP contribution < -0.4 is 5.73 Å². The van der Waals surface area contributed by atoms with E-state index in [2.05, 4.69) is 4.98 Å². The van der Waals surface area contributed by atoms with Gasteiger partial charge in [0.05, 0.1) is 6.04 Å². The minimum atomic E-state index is -0.939. The van der Waals surface area contributed by atoms with Crippen LogP contribution in [-0.4, -0.2) is 21.7 Å². The molecule has 1 aromatic heterocycles. The second-order valence-corrected chi connectivity index (χ2v) is 7.50. The first-order valence-electron chi connectivity index (χ1n) is 9.41. The second-order valence-electron chi connectivity index (χ2n) is 7.07. The summed E-state index contributed by atoms with van der Waals surface area (Å²) in [4.78, 5) is 31.9. The van der Waals surface area contributed by atoms with Crippen molar-refractivity contribution in [1.29, 1.82) is 0 Å². The Morgan fingerprint density at radius 2 is 1.90 bits per heavy atom. The predicted molar refractivity (Wildman–Crippen MR) is 111 cm³/mol. The number of rotatable bonds is 5. The van der Waals surface area contributed by atoms with E-state index in [9.17, 15) is 9.59 Å². The zero-order chi connectivity index (χ0) is 20.4. The number of halogens is 1. The standard InChI is InChI=1S/C23H20ClN3O2/c24-18-10-8-15-9-11-20(19(15)13-18)27(23(29)16-5-2-1-3-6-16)21(22(25)28)17-7-4-12-26-14-17/h1-8,10,12-14,20-21H,9,11H2,(H2,25,28)/t20-,21-/m1/s1. The topological polar surface area (TPSA) is 76.3 Å². The molecular weight excluding hydrogens is 386 g/mol. The number of benzene rings is 2. The summed E-state index contributed by atoms with van der Waals surface area (Å²) in [5.41, 5.74) is 8.98. The zero-order valence-electron chi connectivity index (χ0n) is 15.7. The molecule has 0 saturated heterocycles. The minimum absolute atomic E-state index is 0.254. The maximum Gasteiger partial charge on any atom is 0.255 e. The normalized spacial score (nSPS) is 16.1. The number of nitrogens with zero attached hydrogens (tertiary/aromatic N) is 2. The molecule has 0 unspecified atom stereocenters. The van der Waals surface area contributed by atoms with Gasteiger partial charge in [-0.15, -0.1) is 0 Å². The average Bonchev–Trinajstić information content (AvgIpc) is 3.15. The van der Waals surface area contributed by atoms with Gasteiger partial charge >= 0.3 is 0 Å². The second kappa shape index (κ2) is 8.05. The number of nitrogens with two attached hydrogens (primary N) is 1. The first kappa shape index (κ1) is 19.2. The van der Waals surface area contributed by atoms with Crippen molar-refractivity contribution in [2.24, 2.45) is 5.73 Å². The summed E-state index contributed by atoms with van der Waals surface area (Å²) in [5.74, 6) is -0.853. The summed E-state index contributed by atoms with van der Waals surface area (Å²) in [6, 6.07) is 16.9. The fourth-order valence-electron chi connectivity index (χ4n) is 4.01. The summed E-state index contributed by atoms with van der Waals surface area (Å²) in [5, 5.41) is 0.597. The molecule has 0 aliphatic heterocycles. The number of hydrogen-bond acceptors (Lipinski definition) is 3. The Kier molecular flexibility index (Phi) is 5.32. The first-order valence-corrected chi connectivity index (χ1v) is 9.79. The lowest BCUT2D eigenvalue weighted by atomic mass is 9.99. The molecule has 2 N–H and O–H groups in total. The molecule has 0 spiro atoms. The zero-order valence-corrected chi connectivity index (χ0v) is 16.4. The Morgan fingerprint density at radius 1 is 1.10 bits per heavy atom. The maximum atomic E-state index is 13.6. The van der Waals surface area contributed by atoms with Gasteiger partial charge < -0.3 is 10.6 Å². The fraction of sp³-hybridized carbons (Fsp3) is 0.174. The van der Waals surface area contributed by atoms with Crippen molar-refractivity contribution in [2.75, 3.05) is 0 Å². The van der Waals surface area contributed by atoms with E-state index in [-0.39, 0.29) is 11.9 Å². The molecule has 6 heteroatoms. The molecule has 3 aromatic rings. The minimum Gasteiger partial charge on any atom is -0.368 e. The molecule has 0 radical (unpaired) electrons. The van der Waals surface area contributed by atoms with E-state index in [1.807, 2.05) is 24.3 Å². The molecule has 29 heavy (non-hydrogen) atoms. The predicted octanol–water partition coefficient (Wildman–Crippen LogP) is 4.09. The molecule has 4 rings (SSSR count). The van der Waals surface area contributed by atoms with E-state index < -0.39 is 11.9 Å². The Labute approximate surface area is 174 Å². The van der Waals surface area contributed by atoms with Crippen molar-refractivity contribution in [2.45, 2.75) is 24.9 Å². The Balaban J connectivity index is 1.86. The van der Waals surface area contributed by atoms with E-state index >= 15 is 0 Å². The van der Waals surface area contributed by atoms with Crippen LogP contribution in [0.4, 0.5) is 0 Å². The molecule has 0 saturated carbocycles. The van der Waals surface area contributed by atoms with Gasteiger partial charge in [-0.3, -0.25) is 14.6 Å². The van der Waals surface area contributed by atoms with Crippen LogP contribution in [0.2, 0.25) is 5.02 Å². The van der Waals surface area contributed by atoms with Crippen LogP contribution in [0.25, 0.3) is 0 Å². The smallest absolute Gasteiger partial charge is 0.255 e. The molecule has 2 amide bonds. The molecule has 1 aliphatic rings. The van der Waals surface area contributed by atoms with Crippen LogP contribution in [0.15, 0.2) is 73.1 Å². The summed E-state index contributed by atoms with van der Waals surface area (Å²) in [7, 11) is 0. The Morgan fingerprint density at radius 3 is 2.59 bits per heavy atom. The average molecular weight is 406 g/mol. The highest BCUT2D eigenvalue weighted by Crippen LogP contribution is 2.42. The van der Waals surface area contributed by atoms with E-state index in [0.29, 0.717) is 22.6 Å². The van der Waals surface area contributed by atoms with Gasteiger partial charge in [0, 0.05) is 28.5 Å². The van der Waals surface area contributed by atoms with Gasteiger partial charge in [-0.1, -0.05) is 41.9 Å². The number of pyridine rings is 1. The highest BCUT2D eigenvalue weighted by Gasteiger charge is 2.39. The van der Waals surface area contributed by atoms with Crippen LogP contribution >= 0.6 is 11.6 Å².